The molecule has 2 atom stereocenters. The van der Waals surface area contributed by atoms with Crippen LogP contribution in [0.4, 0.5) is 0 Å². The fraction of sp³-hybridized carbons (Fsp3) is 0.333. The van der Waals surface area contributed by atoms with Crippen molar-refractivity contribution in [1.82, 2.24) is 14.3 Å². The summed E-state index contributed by atoms with van der Waals surface area (Å²) in [6.45, 7) is 3.51. The van der Waals surface area contributed by atoms with Crippen molar-refractivity contribution in [2.75, 3.05) is 14.1 Å². The fourth-order valence-corrected chi connectivity index (χ4v) is 4.02. The van der Waals surface area contributed by atoms with Gasteiger partial charge in [-0.2, -0.15) is 0 Å². The number of amides is 1. The van der Waals surface area contributed by atoms with Gasteiger partial charge in [-0.05, 0) is 32.3 Å². The Kier molecular flexibility index (Phi) is 5.23. The minimum Gasteiger partial charge on any atom is -0.481 e. The number of carbonyl (C=O) groups is 1. The smallest absolute Gasteiger partial charge is 0.255 e. The highest BCUT2D eigenvalue weighted by Gasteiger charge is 2.31. The lowest BCUT2D eigenvalue weighted by atomic mass is 9.95. The van der Waals surface area contributed by atoms with Crippen LogP contribution in [-0.4, -0.2) is 39.4 Å². The van der Waals surface area contributed by atoms with E-state index in [2.05, 4.69) is 16.8 Å². The van der Waals surface area contributed by atoms with Crippen LogP contribution in [-0.2, 0) is 6.42 Å². The molecular weight excluding hydrogens is 378 g/mol. The summed E-state index contributed by atoms with van der Waals surface area (Å²) >= 11 is 0. The molecule has 3 heterocycles. The molecule has 0 saturated heterocycles. The van der Waals surface area contributed by atoms with Gasteiger partial charge in [-0.3, -0.25) is 9.20 Å². The molecule has 154 valence electrons. The maximum absolute atomic E-state index is 13.0. The van der Waals surface area contributed by atoms with Crippen LogP contribution in [0.3, 0.4) is 0 Å². The Morgan fingerprint density at radius 1 is 1.33 bits per heavy atom. The third kappa shape index (κ3) is 3.31. The van der Waals surface area contributed by atoms with E-state index >= 15 is 0 Å². The molecular formula is C24H25N3O3. The number of aryl methyl sites for hydroxylation is 1. The number of nitrogens with zero attached hydrogens (tertiary/aromatic N) is 3. The molecule has 0 aliphatic carbocycles. The number of pyridine rings is 1. The zero-order valence-corrected chi connectivity index (χ0v) is 17.6. The Morgan fingerprint density at radius 2 is 2.07 bits per heavy atom. The van der Waals surface area contributed by atoms with Crippen molar-refractivity contribution < 1.29 is 14.6 Å². The molecule has 1 N–H and O–H groups in total. The molecule has 6 heteroatoms. The van der Waals surface area contributed by atoms with Crippen molar-refractivity contribution in [3.8, 4) is 17.6 Å². The van der Waals surface area contributed by atoms with Crippen LogP contribution >= 0.6 is 0 Å². The summed E-state index contributed by atoms with van der Waals surface area (Å²) in [7, 11) is 3.46. The van der Waals surface area contributed by atoms with Gasteiger partial charge in [0.2, 0.25) is 0 Å². The SMILES string of the molecule is CC#CC(O)c1c(C)nc2c3c(c(C(=O)N(C)C)cn12)CCC(c1ccccc1)O3. The molecule has 2 unspecified atom stereocenters. The first-order valence-electron chi connectivity index (χ1n) is 10.00. The van der Waals surface area contributed by atoms with Gasteiger partial charge in [-0.25, -0.2) is 4.98 Å². The second kappa shape index (κ2) is 7.85. The van der Waals surface area contributed by atoms with Crippen LogP contribution in [0.5, 0.6) is 5.75 Å². The first-order valence-corrected chi connectivity index (χ1v) is 10.00. The predicted molar refractivity (Wildman–Crippen MR) is 114 cm³/mol. The molecule has 0 spiro atoms. The Hall–Kier alpha value is -3.30. The van der Waals surface area contributed by atoms with E-state index in [1.165, 1.54) is 0 Å². The van der Waals surface area contributed by atoms with Gasteiger partial charge >= 0.3 is 0 Å². The van der Waals surface area contributed by atoms with Crippen LogP contribution in [0, 0.1) is 18.8 Å². The van der Waals surface area contributed by atoms with Crippen LogP contribution in [0.1, 0.15) is 58.4 Å². The molecule has 0 fully saturated rings. The Morgan fingerprint density at radius 3 is 2.73 bits per heavy atom. The number of carbonyl (C=O) groups excluding carboxylic acids is 1. The number of aromatic nitrogens is 2. The zero-order valence-electron chi connectivity index (χ0n) is 17.6. The third-order valence-corrected chi connectivity index (χ3v) is 5.46. The van der Waals surface area contributed by atoms with Gasteiger partial charge in [0.15, 0.2) is 17.5 Å². The first kappa shape index (κ1) is 20.0. The number of aliphatic hydroxyl groups excluding tert-OH is 1. The fourth-order valence-electron chi connectivity index (χ4n) is 4.02. The lowest BCUT2D eigenvalue weighted by molar-refractivity contribution is 0.0822. The summed E-state index contributed by atoms with van der Waals surface area (Å²) < 4.78 is 8.20. The summed E-state index contributed by atoms with van der Waals surface area (Å²) in [6, 6.07) is 10.1. The first-order chi connectivity index (χ1) is 14.4. The van der Waals surface area contributed by atoms with Crippen LogP contribution in [0.15, 0.2) is 36.5 Å². The average molecular weight is 403 g/mol. The number of ether oxygens (including phenoxy) is 1. The van der Waals surface area contributed by atoms with E-state index in [9.17, 15) is 9.90 Å². The molecule has 6 nitrogen and oxygen atoms in total. The maximum Gasteiger partial charge on any atom is 0.255 e. The lowest BCUT2D eigenvalue weighted by Crippen LogP contribution is -2.26. The molecule has 30 heavy (non-hydrogen) atoms. The lowest BCUT2D eigenvalue weighted by Gasteiger charge is -2.29. The third-order valence-electron chi connectivity index (χ3n) is 5.46. The minimum atomic E-state index is -1.00. The van der Waals surface area contributed by atoms with E-state index in [0.29, 0.717) is 34.8 Å². The number of benzene rings is 1. The van der Waals surface area contributed by atoms with Gasteiger partial charge in [-0.1, -0.05) is 36.3 Å². The van der Waals surface area contributed by atoms with E-state index in [1.807, 2.05) is 37.3 Å². The quantitative estimate of drug-likeness (QED) is 0.680. The maximum atomic E-state index is 13.0. The van der Waals surface area contributed by atoms with Crippen LogP contribution in [0.25, 0.3) is 5.65 Å². The molecule has 0 bridgehead atoms. The largest absolute Gasteiger partial charge is 0.481 e. The topological polar surface area (TPSA) is 67.1 Å². The number of fused-ring (bicyclic) bond motifs is 3. The van der Waals surface area contributed by atoms with Crippen molar-refractivity contribution >= 4 is 11.6 Å². The van der Waals surface area contributed by atoms with E-state index in [4.69, 9.17) is 4.74 Å². The second-order valence-corrected chi connectivity index (χ2v) is 7.68. The van der Waals surface area contributed by atoms with E-state index in [1.54, 1.807) is 36.5 Å². The highest BCUT2D eigenvalue weighted by Crippen LogP contribution is 2.40. The van der Waals surface area contributed by atoms with E-state index in [-0.39, 0.29) is 12.0 Å². The van der Waals surface area contributed by atoms with E-state index in [0.717, 1.165) is 17.5 Å². The van der Waals surface area contributed by atoms with Crippen molar-refractivity contribution in [2.45, 2.75) is 38.9 Å². The predicted octanol–water partition coefficient (Wildman–Crippen LogP) is 3.47. The molecule has 1 aromatic carbocycles. The van der Waals surface area contributed by atoms with Crippen LogP contribution in [0.2, 0.25) is 0 Å². The van der Waals surface area contributed by atoms with Gasteiger partial charge in [0, 0.05) is 25.9 Å². The molecule has 0 radical (unpaired) electrons. The zero-order chi connectivity index (χ0) is 21.4. The highest BCUT2D eigenvalue weighted by molar-refractivity contribution is 5.96. The highest BCUT2D eigenvalue weighted by atomic mass is 16.5. The van der Waals surface area contributed by atoms with E-state index < -0.39 is 6.10 Å². The van der Waals surface area contributed by atoms with Gasteiger partial charge in [-0.15, -0.1) is 5.92 Å². The van der Waals surface area contributed by atoms with Gasteiger partial charge in [0.25, 0.3) is 5.91 Å². The summed E-state index contributed by atoms with van der Waals surface area (Å²) in [5.41, 5.74) is 4.33. The van der Waals surface area contributed by atoms with Crippen molar-refractivity contribution in [3.05, 3.63) is 64.6 Å². The molecule has 3 aromatic rings. The Balaban J connectivity index is 1.94. The summed E-state index contributed by atoms with van der Waals surface area (Å²) in [4.78, 5) is 19.2. The number of rotatable bonds is 3. The Labute approximate surface area is 176 Å². The molecule has 1 aliphatic rings. The van der Waals surface area contributed by atoms with Crippen molar-refractivity contribution in [1.29, 1.82) is 0 Å². The van der Waals surface area contributed by atoms with Crippen molar-refractivity contribution in [3.63, 3.8) is 0 Å². The molecule has 1 aliphatic heterocycles. The summed E-state index contributed by atoms with van der Waals surface area (Å²) in [6.07, 6.45) is 2.13. The monoisotopic (exact) mass is 403 g/mol. The number of imidazole rings is 1. The molecule has 4 rings (SSSR count). The Bertz CT molecular complexity index is 1170. The normalized spacial score (nSPS) is 16.2. The van der Waals surface area contributed by atoms with Crippen molar-refractivity contribution in [2.24, 2.45) is 0 Å². The number of hydrogen-bond acceptors (Lipinski definition) is 4. The molecule has 1 amide bonds. The minimum absolute atomic E-state index is 0.108. The second-order valence-electron chi connectivity index (χ2n) is 7.68. The summed E-state index contributed by atoms with van der Waals surface area (Å²) in [5.74, 6) is 6.02. The van der Waals surface area contributed by atoms with Gasteiger partial charge < -0.3 is 14.7 Å². The standard InChI is InChI=1S/C24H25N3O3/c1-5-9-19(28)21-15(2)25-23-22-17(18(14-27(21)23)24(29)26(3)4)12-13-20(30-22)16-10-7-6-8-11-16/h6-8,10-11,14,19-20,28H,12-13H2,1-4H3. The molecule has 2 aromatic heterocycles. The van der Waals surface area contributed by atoms with Gasteiger partial charge in [0.1, 0.15) is 6.10 Å². The van der Waals surface area contributed by atoms with Crippen LogP contribution < -0.4 is 4.74 Å². The summed E-state index contributed by atoms with van der Waals surface area (Å²) in [5, 5.41) is 10.6. The number of hydrogen-bond donors (Lipinski definition) is 1. The molecule has 0 saturated carbocycles. The average Bonchev–Trinajstić information content (AvgIpc) is 3.09. The number of aliphatic hydroxyl groups is 1. The van der Waals surface area contributed by atoms with Gasteiger partial charge in [0.05, 0.1) is 17.0 Å².